The first-order valence-electron chi connectivity index (χ1n) is 6.75. The molecular weight excluding hydrogens is 218 g/mol. The number of hydrogen-bond donors (Lipinski definition) is 2. The molecule has 0 heterocycles. The van der Waals surface area contributed by atoms with Crippen LogP contribution in [-0.4, -0.2) is 35.9 Å². The lowest BCUT2D eigenvalue weighted by molar-refractivity contribution is -0.142. The van der Waals surface area contributed by atoms with Gasteiger partial charge in [-0.3, -0.25) is 10.1 Å². The van der Waals surface area contributed by atoms with Gasteiger partial charge < -0.3 is 9.84 Å². The minimum absolute atomic E-state index is 0.265. The van der Waals surface area contributed by atoms with Crippen molar-refractivity contribution in [2.45, 2.75) is 63.6 Å². The number of hydrogen-bond acceptors (Lipinski definition) is 3. The third-order valence-corrected chi connectivity index (χ3v) is 3.70. The van der Waals surface area contributed by atoms with E-state index in [1.165, 1.54) is 12.8 Å². The van der Waals surface area contributed by atoms with E-state index < -0.39 is 12.0 Å². The summed E-state index contributed by atoms with van der Waals surface area (Å²) in [5.41, 5.74) is 0. The zero-order valence-electron chi connectivity index (χ0n) is 10.5. The van der Waals surface area contributed by atoms with Gasteiger partial charge in [0.1, 0.15) is 6.04 Å². The number of rotatable bonds is 6. The van der Waals surface area contributed by atoms with Gasteiger partial charge in [0, 0.05) is 6.04 Å². The maximum Gasteiger partial charge on any atom is 0.323 e. The van der Waals surface area contributed by atoms with Crippen LogP contribution in [0.4, 0.5) is 0 Å². The Kier molecular flexibility index (Phi) is 4.40. The van der Waals surface area contributed by atoms with Crippen molar-refractivity contribution in [3.05, 3.63) is 0 Å². The quantitative estimate of drug-likeness (QED) is 0.744. The van der Waals surface area contributed by atoms with E-state index in [9.17, 15) is 4.79 Å². The number of nitrogens with one attached hydrogen (secondary N) is 1. The molecule has 0 aromatic carbocycles. The Bertz CT molecular complexity index is 265. The van der Waals surface area contributed by atoms with Gasteiger partial charge in [0.2, 0.25) is 0 Å². The standard InChI is InChI=1S/C13H23NO3/c1-9-3-2-4-11(7-9)17-8-12(13(15)16)14-10-5-6-10/h9-12,14H,2-8H2,1H3,(H,15,16). The highest BCUT2D eigenvalue weighted by Gasteiger charge is 2.29. The molecule has 4 nitrogen and oxygen atoms in total. The Morgan fingerprint density at radius 3 is 2.76 bits per heavy atom. The zero-order chi connectivity index (χ0) is 12.3. The summed E-state index contributed by atoms with van der Waals surface area (Å²) in [6.45, 7) is 2.55. The number of aliphatic carboxylic acids is 1. The van der Waals surface area contributed by atoms with E-state index in [-0.39, 0.29) is 6.10 Å². The maximum absolute atomic E-state index is 11.1. The van der Waals surface area contributed by atoms with E-state index in [4.69, 9.17) is 9.84 Å². The SMILES string of the molecule is CC1CCCC(OCC(NC2CC2)C(=O)O)C1. The predicted molar refractivity (Wildman–Crippen MR) is 65.0 cm³/mol. The molecule has 2 aliphatic carbocycles. The Labute approximate surface area is 103 Å². The van der Waals surface area contributed by atoms with Gasteiger partial charge in [-0.1, -0.05) is 19.8 Å². The average molecular weight is 241 g/mol. The van der Waals surface area contributed by atoms with Gasteiger partial charge in [-0.05, 0) is 31.6 Å². The highest BCUT2D eigenvalue weighted by molar-refractivity contribution is 5.73. The van der Waals surface area contributed by atoms with Crippen molar-refractivity contribution >= 4 is 5.97 Å². The van der Waals surface area contributed by atoms with E-state index >= 15 is 0 Å². The molecule has 0 bridgehead atoms. The van der Waals surface area contributed by atoms with E-state index in [1.54, 1.807) is 0 Å². The third kappa shape index (κ3) is 4.28. The molecule has 3 atom stereocenters. The highest BCUT2D eigenvalue weighted by atomic mass is 16.5. The summed E-state index contributed by atoms with van der Waals surface area (Å²) in [4.78, 5) is 11.1. The molecular formula is C13H23NO3. The first kappa shape index (κ1) is 12.8. The number of carboxylic acid groups (broad SMARTS) is 1. The largest absolute Gasteiger partial charge is 0.480 e. The minimum atomic E-state index is -0.791. The highest BCUT2D eigenvalue weighted by Crippen LogP contribution is 2.26. The van der Waals surface area contributed by atoms with Crippen LogP contribution in [0.25, 0.3) is 0 Å². The van der Waals surface area contributed by atoms with Gasteiger partial charge in [0.25, 0.3) is 0 Å². The van der Waals surface area contributed by atoms with Crippen LogP contribution in [0.2, 0.25) is 0 Å². The molecule has 17 heavy (non-hydrogen) atoms. The summed E-state index contributed by atoms with van der Waals surface area (Å²) in [5, 5.41) is 12.2. The average Bonchev–Trinajstić information content (AvgIpc) is 3.07. The van der Waals surface area contributed by atoms with Crippen LogP contribution >= 0.6 is 0 Å². The van der Waals surface area contributed by atoms with E-state index in [2.05, 4.69) is 12.2 Å². The molecule has 0 aromatic rings. The van der Waals surface area contributed by atoms with Crippen molar-refractivity contribution < 1.29 is 14.6 Å². The minimum Gasteiger partial charge on any atom is -0.480 e. The summed E-state index contributed by atoms with van der Waals surface area (Å²) in [6.07, 6.45) is 7.12. The number of carboxylic acids is 1. The van der Waals surface area contributed by atoms with Crippen molar-refractivity contribution in [1.82, 2.24) is 5.32 Å². The van der Waals surface area contributed by atoms with Crippen molar-refractivity contribution in [1.29, 1.82) is 0 Å². The molecule has 0 aliphatic heterocycles. The molecule has 0 radical (unpaired) electrons. The van der Waals surface area contributed by atoms with Crippen LogP contribution in [-0.2, 0) is 9.53 Å². The molecule has 2 saturated carbocycles. The molecule has 0 aromatic heterocycles. The predicted octanol–water partition coefficient (Wildman–Crippen LogP) is 1.79. The zero-order valence-corrected chi connectivity index (χ0v) is 10.5. The Balaban J connectivity index is 1.71. The topological polar surface area (TPSA) is 58.6 Å². The second kappa shape index (κ2) is 5.83. The second-order valence-corrected chi connectivity index (χ2v) is 5.56. The normalized spacial score (nSPS) is 31.1. The van der Waals surface area contributed by atoms with Crippen LogP contribution in [0.5, 0.6) is 0 Å². The molecule has 3 unspecified atom stereocenters. The fourth-order valence-electron chi connectivity index (χ4n) is 2.49. The van der Waals surface area contributed by atoms with Crippen LogP contribution in [0.3, 0.4) is 0 Å². The lowest BCUT2D eigenvalue weighted by atomic mass is 9.89. The van der Waals surface area contributed by atoms with Gasteiger partial charge in [-0.15, -0.1) is 0 Å². The van der Waals surface area contributed by atoms with Gasteiger partial charge >= 0.3 is 5.97 Å². The number of carbonyl (C=O) groups is 1. The Morgan fingerprint density at radius 1 is 1.41 bits per heavy atom. The van der Waals surface area contributed by atoms with Crippen LogP contribution in [0.15, 0.2) is 0 Å². The molecule has 0 amide bonds. The van der Waals surface area contributed by atoms with Gasteiger partial charge in [-0.25, -0.2) is 0 Å². The number of ether oxygens (including phenoxy) is 1. The molecule has 2 rings (SSSR count). The van der Waals surface area contributed by atoms with Gasteiger partial charge in [-0.2, -0.15) is 0 Å². The molecule has 2 N–H and O–H groups in total. The van der Waals surface area contributed by atoms with Crippen molar-refractivity contribution in [3.63, 3.8) is 0 Å². The van der Waals surface area contributed by atoms with Crippen LogP contribution in [0, 0.1) is 5.92 Å². The molecule has 0 spiro atoms. The molecule has 0 saturated heterocycles. The van der Waals surface area contributed by atoms with E-state index in [0.29, 0.717) is 18.6 Å². The lowest BCUT2D eigenvalue weighted by Crippen LogP contribution is -2.43. The monoisotopic (exact) mass is 241 g/mol. The first-order valence-corrected chi connectivity index (χ1v) is 6.75. The summed E-state index contributed by atoms with van der Waals surface area (Å²) in [5.74, 6) is -0.0748. The van der Waals surface area contributed by atoms with Crippen molar-refractivity contribution in [3.8, 4) is 0 Å². The summed E-state index contributed by atoms with van der Waals surface area (Å²) in [6, 6.07) is -0.121. The van der Waals surface area contributed by atoms with Gasteiger partial charge in [0.05, 0.1) is 12.7 Å². The fraction of sp³-hybridized carbons (Fsp3) is 0.923. The second-order valence-electron chi connectivity index (χ2n) is 5.56. The fourth-order valence-corrected chi connectivity index (χ4v) is 2.49. The summed E-state index contributed by atoms with van der Waals surface area (Å²) < 4.78 is 5.76. The summed E-state index contributed by atoms with van der Waals surface area (Å²) >= 11 is 0. The first-order chi connectivity index (χ1) is 8.15. The molecule has 98 valence electrons. The molecule has 2 fully saturated rings. The van der Waals surface area contributed by atoms with Crippen LogP contribution in [0.1, 0.15) is 45.4 Å². The van der Waals surface area contributed by atoms with E-state index in [0.717, 1.165) is 25.7 Å². The van der Waals surface area contributed by atoms with Crippen molar-refractivity contribution in [2.24, 2.45) is 5.92 Å². The van der Waals surface area contributed by atoms with Crippen molar-refractivity contribution in [2.75, 3.05) is 6.61 Å². The third-order valence-electron chi connectivity index (χ3n) is 3.70. The van der Waals surface area contributed by atoms with E-state index in [1.807, 2.05) is 0 Å². The molecule has 4 heteroatoms. The molecule has 2 aliphatic rings. The summed E-state index contributed by atoms with van der Waals surface area (Å²) in [7, 11) is 0. The lowest BCUT2D eigenvalue weighted by Gasteiger charge is -2.28. The van der Waals surface area contributed by atoms with Crippen LogP contribution < -0.4 is 5.32 Å². The Morgan fingerprint density at radius 2 is 2.18 bits per heavy atom. The Hall–Kier alpha value is -0.610. The smallest absolute Gasteiger partial charge is 0.323 e. The van der Waals surface area contributed by atoms with Gasteiger partial charge in [0.15, 0.2) is 0 Å². The maximum atomic E-state index is 11.1.